The minimum atomic E-state index is -1.18. The second kappa shape index (κ2) is 6.26. The number of aromatic carboxylic acids is 1. The monoisotopic (exact) mass is 290 g/mol. The quantitative estimate of drug-likeness (QED) is 0.912. The van der Waals surface area contributed by atoms with Crippen LogP contribution in [-0.2, 0) is 0 Å². The predicted octanol–water partition coefficient (Wildman–Crippen LogP) is 3.67. The molecule has 4 nitrogen and oxygen atoms in total. The van der Waals surface area contributed by atoms with Crippen LogP contribution < -0.4 is 9.47 Å². The molecular weight excluding hydrogens is 275 g/mol. The van der Waals surface area contributed by atoms with Gasteiger partial charge in [0.2, 0.25) is 0 Å². The van der Waals surface area contributed by atoms with Crippen molar-refractivity contribution in [2.24, 2.45) is 0 Å². The number of carbonyl (C=O) groups is 1. The Balaban J connectivity index is 2.14. The van der Waals surface area contributed by atoms with Crippen molar-refractivity contribution in [1.82, 2.24) is 0 Å². The van der Waals surface area contributed by atoms with Crippen molar-refractivity contribution in [2.45, 2.75) is 13.0 Å². The number of hydrogen-bond acceptors (Lipinski definition) is 3. The van der Waals surface area contributed by atoms with Gasteiger partial charge >= 0.3 is 5.97 Å². The Hall–Kier alpha value is -2.56. The van der Waals surface area contributed by atoms with Gasteiger partial charge in [0, 0.05) is 0 Å². The van der Waals surface area contributed by atoms with E-state index in [0.29, 0.717) is 0 Å². The van der Waals surface area contributed by atoms with Crippen LogP contribution in [0.15, 0.2) is 42.5 Å². The molecule has 0 saturated heterocycles. The van der Waals surface area contributed by atoms with Crippen molar-refractivity contribution < 1.29 is 23.8 Å². The van der Waals surface area contributed by atoms with Crippen molar-refractivity contribution in [1.29, 1.82) is 0 Å². The minimum Gasteiger partial charge on any atom is -0.497 e. The lowest BCUT2D eigenvalue weighted by atomic mass is 10.1. The molecule has 0 heterocycles. The van der Waals surface area contributed by atoms with Gasteiger partial charge in [-0.25, -0.2) is 9.18 Å². The molecule has 0 fully saturated rings. The van der Waals surface area contributed by atoms with Gasteiger partial charge in [0.25, 0.3) is 0 Å². The number of hydrogen-bond donors (Lipinski definition) is 1. The van der Waals surface area contributed by atoms with Crippen molar-refractivity contribution in [3.8, 4) is 11.5 Å². The standard InChI is InChI=1S/C16H15FO4/c1-10(11-3-6-13(20-2)7-4-11)21-15-8-5-12(16(18)19)9-14(15)17/h3-10H,1-2H3,(H,18,19). The van der Waals surface area contributed by atoms with Crippen molar-refractivity contribution >= 4 is 5.97 Å². The summed E-state index contributed by atoms with van der Waals surface area (Å²) in [5.74, 6) is -1.13. The van der Waals surface area contributed by atoms with E-state index in [1.807, 2.05) is 12.1 Å². The van der Waals surface area contributed by atoms with E-state index in [9.17, 15) is 9.18 Å². The Bertz CT molecular complexity index is 637. The van der Waals surface area contributed by atoms with E-state index in [2.05, 4.69) is 0 Å². The maximum Gasteiger partial charge on any atom is 0.335 e. The molecule has 0 spiro atoms. The zero-order valence-corrected chi connectivity index (χ0v) is 11.7. The summed E-state index contributed by atoms with van der Waals surface area (Å²) < 4.78 is 24.4. The summed E-state index contributed by atoms with van der Waals surface area (Å²) in [6.45, 7) is 1.78. The molecule has 0 aromatic heterocycles. The van der Waals surface area contributed by atoms with Gasteiger partial charge in [-0.3, -0.25) is 0 Å². The van der Waals surface area contributed by atoms with E-state index >= 15 is 0 Å². The van der Waals surface area contributed by atoms with Crippen LogP contribution in [0.3, 0.4) is 0 Å². The molecule has 0 aliphatic rings. The summed E-state index contributed by atoms with van der Waals surface area (Å²) in [5.41, 5.74) is 0.745. The molecule has 0 radical (unpaired) electrons. The second-order valence-corrected chi connectivity index (χ2v) is 4.48. The number of rotatable bonds is 5. The Kier molecular flexibility index (Phi) is 4.42. The normalized spacial score (nSPS) is 11.8. The smallest absolute Gasteiger partial charge is 0.335 e. The third kappa shape index (κ3) is 3.51. The van der Waals surface area contributed by atoms with Crippen LogP contribution in [0, 0.1) is 5.82 Å². The minimum absolute atomic E-state index is 0.0170. The van der Waals surface area contributed by atoms with Crippen LogP contribution in [0.4, 0.5) is 4.39 Å². The summed E-state index contributed by atoms with van der Waals surface area (Å²) >= 11 is 0. The number of halogens is 1. The molecule has 5 heteroatoms. The van der Waals surface area contributed by atoms with Gasteiger partial charge in [-0.15, -0.1) is 0 Å². The number of methoxy groups -OCH3 is 1. The summed E-state index contributed by atoms with van der Waals surface area (Å²) in [4.78, 5) is 10.7. The highest BCUT2D eigenvalue weighted by Crippen LogP contribution is 2.26. The summed E-state index contributed by atoms with van der Waals surface area (Å²) in [7, 11) is 1.58. The summed E-state index contributed by atoms with van der Waals surface area (Å²) in [6.07, 6.45) is -0.374. The third-order valence-electron chi connectivity index (χ3n) is 3.07. The molecule has 2 aromatic carbocycles. The lowest BCUT2D eigenvalue weighted by molar-refractivity contribution is 0.0696. The molecule has 1 atom stereocenters. The molecule has 1 N–H and O–H groups in total. The van der Waals surface area contributed by atoms with Gasteiger partial charge in [-0.2, -0.15) is 0 Å². The molecule has 1 unspecified atom stereocenters. The summed E-state index contributed by atoms with van der Waals surface area (Å²) in [5, 5.41) is 8.79. The highest BCUT2D eigenvalue weighted by atomic mass is 19.1. The van der Waals surface area contributed by atoms with E-state index in [1.165, 1.54) is 12.1 Å². The first-order chi connectivity index (χ1) is 10.0. The van der Waals surface area contributed by atoms with Gasteiger partial charge in [0.15, 0.2) is 11.6 Å². The Labute approximate surface area is 121 Å². The van der Waals surface area contributed by atoms with Gasteiger partial charge < -0.3 is 14.6 Å². The molecule has 0 aliphatic carbocycles. The summed E-state index contributed by atoms with van der Waals surface area (Å²) in [6, 6.07) is 10.8. The van der Waals surface area contributed by atoms with Crippen LogP contribution in [-0.4, -0.2) is 18.2 Å². The topological polar surface area (TPSA) is 55.8 Å². The fraction of sp³-hybridized carbons (Fsp3) is 0.188. The van der Waals surface area contributed by atoms with E-state index in [-0.39, 0.29) is 17.4 Å². The largest absolute Gasteiger partial charge is 0.497 e. The number of ether oxygens (including phenoxy) is 2. The second-order valence-electron chi connectivity index (χ2n) is 4.48. The molecule has 0 aliphatic heterocycles. The highest BCUT2D eigenvalue weighted by Gasteiger charge is 2.13. The van der Waals surface area contributed by atoms with Gasteiger partial charge in [0.05, 0.1) is 12.7 Å². The van der Waals surface area contributed by atoms with Crippen molar-refractivity contribution in [2.75, 3.05) is 7.11 Å². The number of carboxylic acids is 1. The van der Waals surface area contributed by atoms with Crippen LogP contribution in [0.2, 0.25) is 0 Å². The molecule has 2 aromatic rings. The fourth-order valence-corrected chi connectivity index (χ4v) is 1.86. The molecule has 0 amide bonds. The maximum absolute atomic E-state index is 13.8. The van der Waals surface area contributed by atoms with Gasteiger partial charge in [-0.1, -0.05) is 12.1 Å². The van der Waals surface area contributed by atoms with Crippen LogP contribution in [0.1, 0.15) is 28.9 Å². The molecule has 110 valence electrons. The Morgan fingerprint density at radius 1 is 1.19 bits per heavy atom. The molecule has 0 saturated carbocycles. The average molecular weight is 290 g/mol. The van der Waals surface area contributed by atoms with E-state index < -0.39 is 11.8 Å². The highest BCUT2D eigenvalue weighted by molar-refractivity contribution is 5.87. The fourth-order valence-electron chi connectivity index (χ4n) is 1.86. The Morgan fingerprint density at radius 2 is 1.86 bits per heavy atom. The van der Waals surface area contributed by atoms with Crippen LogP contribution in [0.25, 0.3) is 0 Å². The first kappa shape index (κ1) is 14.8. The molecule has 0 bridgehead atoms. The molecule has 2 rings (SSSR count). The van der Waals surface area contributed by atoms with E-state index in [4.69, 9.17) is 14.6 Å². The van der Waals surface area contributed by atoms with E-state index in [0.717, 1.165) is 17.4 Å². The first-order valence-electron chi connectivity index (χ1n) is 6.34. The van der Waals surface area contributed by atoms with Crippen molar-refractivity contribution in [3.63, 3.8) is 0 Å². The zero-order chi connectivity index (χ0) is 15.4. The maximum atomic E-state index is 13.8. The van der Waals surface area contributed by atoms with Gasteiger partial charge in [-0.05, 0) is 42.8 Å². The number of carboxylic acid groups (broad SMARTS) is 1. The van der Waals surface area contributed by atoms with Crippen LogP contribution >= 0.6 is 0 Å². The SMILES string of the molecule is COc1ccc(C(C)Oc2ccc(C(=O)O)cc2F)cc1. The number of benzene rings is 2. The first-order valence-corrected chi connectivity index (χ1v) is 6.34. The van der Waals surface area contributed by atoms with Crippen LogP contribution in [0.5, 0.6) is 11.5 Å². The molecular formula is C16H15FO4. The van der Waals surface area contributed by atoms with Gasteiger partial charge in [0.1, 0.15) is 11.9 Å². The predicted molar refractivity (Wildman–Crippen MR) is 75.4 cm³/mol. The van der Waals surface area contributed by atoms with Crippen molar-refractivity contribution in [3.05, 3.63) is 59.4 Å². The lowest BCUT2D eigenvalue weighted by Crippen LogP contribution is -2.05. The Morgan fingerprint density at radius 3 is 2.38 bits per heavy atom. The van der Waals surface area contributed by atoms with E-state index in [1.54, 1.807) is 26.2 Å². The lowest BCUT2D eigenvalue weighted by Gasteiger charge is -2.16. The third-order valence-corrected chi connectivity index (χ3v) is 3.07. The zero-order valence-electron chi connectivity index (χ0n) is 11.7. The average Bonchev–Trinajstić information content (AvgIpc) is 2.49. The molecule has 21 heavy (non-hydrogen) atoms.